The molecule has 1 amide bonds. The van der Waals surface area contributed by atoms with Crippen LogP contribution in [0.1, 0.15) is 21.5 Å². The number of rotatable bonds is 4. The van der Waals surface area contributed by atoms with Crippen LogP contribution in [0.4, 0.5) is 5.69 Å². The summed E-state index contributed by atoms with van der Waals surface area (Å²) in [5.74, 6) is -0.508. The Kier molecular flexibility index (Phi) is 4.85. The van der Waals surface area contributed by atoms with Gasteiger partial charge in [0.05, 0.1) is 16.7 Å². The Balaban J connectivity index is 2.11. The number of nitrogens with one attached hydrogen (secondary N) is 1. The maximum absolute atomic E-state index is 12.0. The number of nitrogens with zero attached hydrogens (tertiary/aromatic N) is 2. The number of hydrogen-bond donors (Lipinski definition) is 1. The molecule has 0 saturated carbocycles. The molecule has 1 N–H and O–H groups in total. The van der Waals surface area contributed by atoms with Gasteiger partial charge in [-0.3, -0.25) is 14.9 Å². The smallest absolute Gasteiger partial charge is 0.267 e. The number of carbonyl (C=O) groups excluding carboxylic acids is 1. The second-order valence-electron chi connectivity index (χ2n) is 4.46. The zero-order chi connectivity index (χ0) is 16.1. The molecule has 0 fully saturated rings. The van der Waals surface area contributed by atoms with Gasteiger partial charge in [0, 0.05) is 16.7 Å². The molecule has 0 aliphatic rings. The van der Waals surface area contributed by atoms with Crippen molar-refractivity contribution in [2.75, 3.05) is 0 Å². The minimum atomic E-state index is -0.525. The molecule has 0 saturated heterocycles. The van der Waals surface area contributed by atoms with Crippen molar-refractivity contribution in [1.82, 2.24) is 5.43 Å². The first-order valence-electron chi connectivity index (χ1n) is 6.32. The molecule has 0 atom stereocenters. The van der Waals surface area contributed by atoms with Crippen LogP contribution in [0.3, 0.4) is 0 Å². The predicted molar refractivity (Wildman–Crippen MR) is 84.3 cm³/mol. The molecular weight excluding hydrogens is 306 g/mol. The van der Waals surface area contributed by atoms with Crippen LogP contribution >= 0.6 is 11.6 Å². The third-order valence-corrected chi connectivity index (χ3v) is 3.25. The van der Waals surface area contributed by atoms with E-state index < -0.39 is 10.8 Å². The fourth-order valence-corrected chi connectivity index (χ4v) is 1.97. The molecule has 0 aromatic heterocycles. The van der Waals surface area contributed by atoms with Crippen molar-refractivity contribution in [1.29, 1.82) is 0 Å². The van der Waals surface area contributed by atoms with Gasteiger partial charge in [-0.2, -0.15) is 5.10 Å². The van der Waals surface area contributed by atoms with Crippen molar-refractivity contribution in [3.8, 4) is 0 Å². The summed E-state index contributed by atoms with van der Waals surface area (Å²) in [5.41, 5.74) is 3.51. The summed E-state index contributed by atoms with van der Waals surface area (Å²) in [6, 6.07) is 11.2. The summed E-state index contributed by atoms with van der Waals surface area (Å²) in [6.45, 7) is 1.52. The van der Waals surface area contributed by atoms with Crippen molar-refractivity contribution in [3.63, 3.8) is 0 Å². The van der Waals surface area contributed by atoms with Gasteiger partial charge in [0.15, 0.2) is 0 Å². The first-order chi connectivity index (χ1) is 10.5. The van der Waals surface area contributed by atoms with Crippen LogP contribution in [0.25, 0.3) is 0 Å². The SMILES string of the molecule is Cc1c(C(=O)N/N=C\c2ccc(Cl)cc2)cccc1[N+](=O)[O-]. The monoisotopic (exact) mass is 317 g/mol. The first-order valence-corrected chi connectivity index (χ1v) is 6.70. The summed E-state index contributed by atoms with van der Waals surface area (Å²) in [5, 5.41) is 15.3. The van der Waals surface area contributed by atoms with Gasteiger partial charge in [0.25, 0.3) is 11.6 Å². The average Bonchev–Trinajstić information content (AvgIpc) is 2.49. The molecule has 112 valence electrons. The van der Waals surface area contributed by atoms with Crippen molar-refractivity contribution in [2.45, 2.75) is 6.92 Å². The Morgan fingerprint density at radius 2 is 1.95 bits per heavy atom. The van der Waals surface area contributed by atoms with Gasteiger partial charge >= 0.3 is 0 Å². The highest BCUT2D eigenvalue weighted by molar-refractivity contribution is 6.30. The Hall–Kier alpha value is -2.73. The summed E-state index contributed by atoms with van der Waals surface area (Å²) in [7, 11) is 0. The van der Waals surface area contributed by atoms with E-state index in [1.807, 2.05) is 0 Å². The van der Waals surface area contributed by atoms with Crippen LogP contribution in [0.5, 0.6) is 0 Å². The third-order valence-electron chi connectivity index (χ3n) is 3.00. The van der Waals surface area contributed by atoms with E-state index >= 15 is 0 Å². The van der Waals surface area contributed by atoms with Gasteiger partial charge in [-0.25, -0.2) is 5.43 Å². The minimum Gasteiger partial charge on any atom is -0.267 e. The highest BCUT2D eigenvalue weighted by atomic mass is 35.5. The lowest BCUT2D eigenvalue weighted by Gasteiger charge is -2.04. The van der Waals surface area contributed by atoms with Gasteiger partial charge < -0.3 is 0 Å². The fourth-order valence-electron chi connectivity index (χ4n) is 1.84. The van der Waals surface area contributed by atoms with E-state index in [0.717, 1.165) is 5.56 Å². The zero-order valence-electron chi connectivity index (χ0n) is 11.6. The molecule has 0 radical (unpaired) electrons. The molecular formula is C15H12ClN3O3. The van der Waals surface area contributed by atoms with E-state index in [1.54, 1.807) is 24.3 Å². The van der Waals surface area contributed by atoms with Crippen molar-refractivity contribution < 1.29 is 9.72 Å². The molecule has 2 rings (SSSR count). The molecule has 0 spiro atoms. The molecule has 6 nitrogen and oxygen atoms in total. The maximum atomic E-state index is 12.0. The van der Waals surface area contributed by atoms with Crippen molar-refractivity contribution >= 4 is 29.4 Å². The highest BCUT2D eigenvalue weighted by Crippen LogP contribution is 2.20. The second kappa shape index (κ2) is 6.82. The van der Waals surface area contributed by atoms with Crippen LogP contribution in [0.15, 0.2) is 47.6 Å². The Labute approximate surface area is 131 Å². The Bertz CT molecular complexity index is 742. The van der Waals surface area contributed by atoms with Crippen LogP contribution in [-0.2, 0) is 0 Å². The van der Waals surface area contributed by atoms with Crippen LogP contribution in [-0.4, -0.2) is 17.0 Å². The first kappa shape index (κ1) is 15.7. The van der Waals surface area contributed by atoms with E-state index in [2.05, 4.69) is 10.5 Å². The van der Waals surface area contributed by atoms with E-state index in [1.165, 1.54) is 31.3 Å². The molecule has 0 unspecified atom stereocenters. The van der Waals surface area contributed by atoms with Gasteiger partial charge in [0.2, 0.25) is 0 Å². The number of hydrazone groups is 1. The summed E-state index contributed by atoms with van der Waals surface area (Å²) in [4.78, 5) is 22.3. The average molecular weight is 318 g/mol. The summed E-state index contributed by atoms with van der Waals surface area (Å²) in [6.07, 6.45) is 1.46. The maximum Gasteiger partial charge on any atom is 0.273 e. The highest BCUT2D eigenvalue weighted by Gasteiger charge is 2.17. The van der Waals surface area contributed by atoms with Gasteiger partial charge in [-0.05, 0) is 30.7 Å². The topological polar surface area (TPSA) is 84.6 Å². The number of nitro groups is 1. The number of carbonyl (C=O) groups is 1. The van der Waals surface area contributed by atoms with Crippen LogP contribution < -0.4 is 5.43 Å². The number of hydrogen-bond acceptors (Lipinski definition) is 4. The Morgan fingerprint density at radius 3 is 2.59 bits per heavy atom. The van der Waals surface area contributed by atoms with Crippen LogP contribution in [0.2, 0.25) is 5.02 Å². The Morgan fingerprint density at radius 1 is 1.27 bits per heavy atom. The lowest BCUT2D eigenvalue weighted by molar-refractivity contribution is -0.385. The zero-order valence-corrected chi connectivity index (χ0v) is 12.4. The molecule has 0 heterocycles. The fraction of sp³-hybridized carbons (Fsp3) is 0.0667. The lowest BCUT2D eigenvalue weighted by atomic mass is 10.1. The van der Waals surface area contributed by atoms with E-state index in [9.17, 15) is 14.9 Å². The molecule has 0 bridgehead atoms. The lowest BCUT2D eigenvalue weighted by Crippen LogP contribution is -2.19. The number of halogens is 1. The van der Waals surface area contributed by atoms with Crippen molar-refractivity contribution in [3.05, 3.63) is 74.3 Å². The van der Waals surface area contributed by atoms with E-state index in [-0.39, 0.29) is 11.3 Å². The summed E-state index contributed by atoms with van der Waals surface area (Å²) >= 11 is 5.76. The van der Waals surface area contributed by atoms with Crippen molar-refractivity contribution in [2.24, 2.45) is 5.10 Å². The predicted octanol–water partition coefficient (Wildman–Crippen LogP) is 3.32. The largest absolute Gasteiger partial charge is 0.273 e. The summed E-state index contributed by atoms with van der Waals surface area (Å²) < 4.78 is 0. The quantitative estimate of drug-likeness (QED) is 0.533. The normalized spacial score (nSPS) is 10.6. The molecule has 2 aromatic rings. The van der Waals surface area contributed by atoms with Crippen LogP contribution in [0, 0.1) is 17.0 Å². The van der Waals surface area contributed by atoms with E-state index in [4.69, 9.17) is 11.6 Å². The standard InChI is InChI=1S/C15H12ClN3O3/c1-10-13(3-2-4-14(10)19(21)22)15(20)18-17-9-11-5-7-12(16)8-6-11/h2-9H,1H3,(H,18,20)/b17-9-. The number of nitro benzene ring substituents is 1. The second-order valence-corrected chi connectivity index (χ2v) is 4.89. The molecule has 22 heavy (non-hydrogen) atoms. The van der Waals surface area contributed by atoms with E-state index in [0.29, 0.717) is 10.6 Å². The number of benzene rings is 2. The number of amides is 1. The molecule has 7 heteroatoms. The molecule has 2 aromatic carbocycles. The molecule has 0 aliphatic carbocycles. The minimum absolute atomic E-state index is 0.102. The molecule has 0 aliphatic heterocycles. The third kappa shape index (κ3) is 3.67. The van der Waals surface area contributed by atoms with Gasteiger partial charge in [-0.1, -0.05) is 29.8 Å². The van der Waals surface area contributed by atoms with Gasteiger partial charge in [-0.15, -0.1) is 0 Å². The van der Waals surface area contributed by atoms with Gasteiger partial charge in [0.1, 0.15) is 0 Å².